The Labute approximate surface area is 186 Å². The Bertz CT molecular complexity index is 1130. The minimum absolute atomic E-state index is 0.00888. The predicted octanol–water partition coefficient (Wildman–Crippen LogP) is 5.08. The quantitative estimate of drug-likeness (QED) is 0.537. The van der Waals surface area contributed by atoms with Crippen LogP contribution in [0.25, 0.3) is 22.5 Å². The lowest BCUT2D eigenvalue weighted by molar-refractivity contribution is -0.129. The molecule has 0 bridgehead atoms. The molecule has 0 unspecified atom stereocenters. The van der Waals surface area contributed by atoms with Gasteiger partial charge in [-0.3, -0.25) is 14.6 Å². The molecule has 1 amide bonds. The maximum Gasteiger partial charge on any atom is 0.237 e. The minimum Gasteiger partial charge on any atom is -0.460 e. The van der Waals surface area contributed by atoms with Crippen molar-refractivity contribution in [2.24, 2.45) is 0 Å². The molecule has 0 N–H and O–H groups in total. The first-order valence-electron chi connectivity index (χ1n) is 10.7. The number of hydrogen-bond acceptors (Lipinski definition) is 4. The number of likely N-dealkylation sites (tertiary alicyclic amines) is 1. The average Bonchev–Trinajstić information content (AvgIpc) is 3.43. The summed E-state index contributed by atoms with van der Waals surface area (Å²) in [5.41, 5.74) is 4.99. The van der Waals surface area contributed by atoms with Gasteiger partial charge in [0.15, 0.2) is 5.78 Å². The van der Waals surface area contributed by atoms with Crippen LogP contribution in [-0.4, -0.2) is 40.5 Å². The zero-order valence-electron chi connectivity index (χ0n) is 17.1. The fraction of sp³-hybridized carbons (Fsp3) is 0.320. The molecule has 5 rings (SSSR count). The van der Waals surface area contributed by atoms with Crippen LogP contribution in [0.5, 0.6) is 0 Å². The molecule has 1 aliphatic carbocycles. The molecule has 1 fully saturated rings. The van der Waals surface area contributed by atoms with Gasteiger partial charge >= 0.3 is 0 Å². The number of furan rings is 1. The fourth-order valence-corrected chi connectivity index (χ4v) is 4.84. The van der Waals surface area contributed by atoms with Crippen LogP contribution in [0.3, 0.4) is 0 Å². The molecule has 2 aromatic heterocycles. The van der Waals surface area contributed by atoms with Gasteiger partial charge in [0, 0.05) is 54.5 Å². The summed E-state index contributed by atoms with van der Waals surface area (Å²) in [5.74, 6) is 2.26. The standard InChI is InChI=1S/C25H23ClN2O3/c26-15-24(30)28-11-7-17(8-12-28)23-14-21(16-5-9-27-10-6-16)25(31-23)19-1-3-20-18(13-19)2-4-22(20)29/h1,3,5-6,9-10,13-14,17H,2,4,7-8,11-12,15H2. The Morgan fingerprint density at radius 2 is 1.81 bits per heavy atom. The Balaban J connectivity index is 1.50. The molecule has 0 atom stereocenters. The van der Waals surface area contributed by atoms with Crippen molar-refractivity contribution in [3.05, 3.63) is 65.7 Å². The van der Waals surface area contributed by atoms with Crippen LogP contribution < -0.4 is 0 Å². The number of fused-ring (bicyclic) bond motifs is 1. The van der Waals surface area contributed by atoms with Gasteiger partial charge in [0.2, 0.25) is 5.91 Å². The predicted molar refractivity (Wildman–Crippen MR) is 119 cm³/mol. The monoisotopic (exact) mass is 434 g/mol. The van der Waals surface area contributed by atoms with Gasteiger partial charge in [-0.1, -0.05) is 12.1 Å². The molecule has 3 heterocycles. The summed E-state index contributed by atoms with van der Waals surface area (Å²) in [5, 5.41) is 0. The molecular weight excluding hydrogens is 412 g/mol. The molecule has 5 nitrogen and oxygen atoms in total. The summed E-state index contributed by atoms with van der Waals surface area (Å²) in [7, 11) is 0. The van der Waals surface area contributed by atoms with Crippen molar-refractivity contribution in [3.8, 4) is 22.5 Å². The van der Waals surface area contributed by atoms with Gasteiger partial charge in [-0.05, 0) is 54.7 Å². The van der Waals surface area contributed by atoms with Crippen molar-refractivity contribution in [1.29, 1.82) is 0 Å². The van der Waals surface area contributed by atoms with Crippen LogP contribution >= 0.6 is 11.6 Å². The summed E-state index contributed by atoms with van der Waals surface area (Å²) < 4.78 is 6.47. The van der Waals surface area contributed by atoms with E-state index in [2.05, 4.69) is 17.1 Å². The number of pyridine rings is 1. The number of aryl methyl sites for hydroxylation is 1. The van der Waals surface area contributed by atoms with Crippen LogP contribution in [0.4, 0.5) is 0 Å². The molecule has 31 heavy (non-hydrogen) atoms. The number of aromatic nitrogens is 1. The molecule has 158 valence electrons. The van der Waals surface area contributed by atoms with E-state index < -0.39 is 0 Å². The smallest absolute Gasteiger partial charge is 0.237 e. The zero-order chi connectivity index (χ0) is 21.4. The first kappa shape index (κ1) is 20.0. The molecule has 0 spiro atoms. The van der Waals surface area contributed by atoms with Gasteiger partial charge in [-0.15, -0.1) is 11.6 Å². The van der Waals surface area contributed by atoms with E-state index in [4.69, 9.17) is 16.0 Å². The van der Waals surface area contributed by atoms with Crippen molar-refractivity contribution in [2.45, 2.75) is 31.6 Å². The van der Waals surface area contributed by atoms with Crippen LogP contribution in [0.1, 0.15) is 46.9 Å². The molecule has 1 saturated heterocycles. The molecule has 2 aliphatic rings. The maximum atomic E-state index is 12.0. The van der Waals surface area contributed by atoms with Crippen molar-refractivity contribution < 1.29 is 14.0 Å². The number of carbonyl (C=O) groups excluding carboxylic acids is 2. The number of alkyl halides is 1. The third kappa shape index (κ3) is 3.79. The Kier molecular flexibility index (Phi) is 5.36. The highest BCUT2D eigenvalue weighted by molar-refractivity contribution is 6.27. The highest BCUT2D eigenvalue weighted by atomic mass is 35.5. The van der Waals surface area contributed by atoms with Crippen LogP contribution in [0.15, 0.2) is 53.2 Å². The molecule has 3 aromatic rings. The van der Waals surface area contributed by atoms with E-state index in [-0.39, 0.29) is 23.5 Å². The molecule has 0 radical (unpaired) electrons. The summed E-state index contributed by atoms with van der Waals surface area (Å²) in [6.07, 6.45) is 6.63. The largest absolute Gasteiger partial charge is 0.460 e. The summed E-state index contributed by atoms with van der Waals surface area (Å²) in [6.45, 7) is 1.38. The second-order valence-corrected chi connectivity index (χ2v) is 8.48. The topological polar surface area (TPSA) is 63.4 Å². The first-order chi connectivity index (χ1) is 15.1. The SMILES string of the molecule is O=C1CCc2cc(-c3oc(C4CCN(C(=O)CCl)CC4)cc3-c3ccncc3)ccc21. The number of Topliss-reactive ketones (excluding diaryl/α,β-unsaturated/α-hetero) is 1. The molecular formula is C25H23ClN2O3. The highest BCUT2D eigenvalue weighted by Gasteiger charge is 2.28. The van der Waals surface area contributed by atoms with Crippen molar-refractivity contribution in [1.82, 2.24) is 9.88 Å². The summed E-state index contributed by atoms with van der Waals surface area (Å²) in [6, 6.07) is 12.1. The van der Waals surface area contributed by atoms with Crippen LogP contribution in [0.2, 0.25) is 0 Å². The van der Waals surface area contributed by atoms with E-state index in [1.165, 1.54) is 0 Å². The third-order valence-electron chi connectivity index (χ3n) is 6.40. The number of benzene rings is 1. The van der Waals surface area contributed by atoms with E-state index in [9.17, 15) is 9.59 Å². The number of ketones is 1. The normalized spacial score (nSPS) is 16.5. The van der Waals surface area contributed by atoms with Gasteiger partial charge in [0.1, 0.15) is 17.4 Å². The number of halogens is 1. The van der Waals surface area contributed by atoms with Crippen molar-refractivity contribution in [3.63, 3.8) is 0 Å². The van der Waals surface area contributed by atoms with Gasteiger partial charge in [-0.2, -0.15) is 0 Å². The first-order valence-corrected chi connectivity index (χ1v) is 11.2. The highest BCUT2D eigenvalue weighted by Crippen LogP contribution is 2.41. The third-order valence-corrected chi connectivity index (χ3v) is 6.62. The zero-order valence-corrected chi connectivity index (χ0v) is 17.9. The van der Waals surface area contributed by atoms with E-state index in [1.54, 1.807) is 12.4 Å². The molecule has 1 aromatic carbocycles. The Morgan fingerprint density at radius 1 is 1.03 bits per heavy atom. The van der Waals surface area contributed by atoms with Crippen molar-refractivity contribution >= 4 is 23.3 Å². The van der Waals surface area contributed by atoms with E-state index >= 15 is 0 Å². The number of hydrogen-bond donors (Lipinski definition) is 0. The maximum absolute atomic E-state index is 12.0. The van der Waals surface area contributed by atoms with E-state index in [1.807, 2.05) is 29.2 Å². The Hall–Kier alpha value is -2.92. The van der Waals surface area contributed by atoms with Gasteiger partial charge < -0.3 is 9.32 Å². The van der Waals surface area contributed by atoms with E-state index in [0.29, 0.717) is 19.5 Å². The molecule has 0 saturated carbocycles. The number of nitrogens with zero attached hydrogens (tertiary/aromatic N) is 2. The summed E-state index contributed by atoms with van der Waals surface area (Å²) in [4.78, 5) is 29.9. The number of amides is 1. The van der Waals surface area contributed by atoms with Gasteiger partial charge in [0.25, 0.3) is 0 Å². The number of rotatable bonds is 4. The second kappa shape index (κ2) is 8.31. The second-order valence-electron chi connectivity index (χ2n) is 8.21. The number of carbonyl (C=O) groups is 2. The minimum atomic E-state index is -0.00888. The molecule has 1 aliphatic heterocycles. The Morgan fingerprint density at radius 3 is 2.55 bits per heavy atom. The van der Waals surface area contributed by atoms with Gasteiger partial charge in [-0.25, -0.2) is 0 Å². The average molecular weight is 435 g/mol. The fourth-order valence-electron chi connectivity index (χ4n) is 4.67. The van der Waals surface area contributed by atoms with Gasteiger partial charge in [0.05, 0.1) is 0 Å². The lowest BCUT2D eigenvalue weighted by Crippen LogP contribution is -2.38. The lowest BCUT2D eigenvalue weighted by atomic mass is 9.93. The van der Waals surface area contributed by atoms with Crippen LogP contribution in [-0.2, 0) is 11.2 Å². The van der Waals surface area contributed by atoms with E-state index in [0.717, 1.165) is 58.6 Å². The van der Waals surface area contributed by atoms with Crippen molar-refractivity contribution in [2.75, 3.05) is 19.0 Å². The number of piperidine rings is 1. The lowest BCUT2D eigenvalue weighted by Gasteiger charge is -2.30. The van der Waals surface area contributed by atoms with Crippen LogP contribution in [0, 0.1) is 0 Å². The summed E-state index contributed by atoms with van der Waals surface area (Å²) >= 11 is 5.71. The molecule has 6 heteroatoms.